The van der Waals surface area contributed by atoms with Crippen LogP contribution in [0.1, 0.15) is 39.5 Å². The van der Waals surface area contributed by atoms with E-state index < -0.39 is 0 Å². The molecule has 1 aromatic rings. The summed E-state index contributed by atoms with van der Waals surface area (Å²) in [6.07, 6.45) is 6.03. The van der Waals surface area contributed by atoms with Crippen molar-refractivity contribution in [1.29, 1.82) is 5.26 Å². The molecule has 1 aliphatic rings. The topological polar surface area (TPSA) is 66.5 Å². The molecule has 1 heterocycles. The van der Waals surface area contributed by atoms with Gasteiger partial charge < -0.3 is 4.57 Å². The van der Waals surface area contributed by atoms with Crippen LogP contribution in [0.3, 0.4) is 0 Å². The van der Waals surface area contributed by atoms with Gasteiger partial charge in [-0.2, -0.15) is 5.26 Å². The molecule has 2 rings (SSSR count). The minimum atomic E-state index is -0.325. The highest BCUT2D eigenvalue weighted by Crippen LogP contribution is 2.39. The first-order valence-electron chi connectivity index (χ1n) is 7.23. The van der Waals surface area contributed by atoms with E-state index in [2.05, 4.69) is 35.4 Å². The Morgan fingerprint density at radius 1 is 1.65 bits per heavy atom. The minimum absolute atomic E-state index is 0.325. The lowest BCUT2D eigenvalue weighted by Crippen LogP contribution is -2.50. The van der Waals surface area contributed by atoms with E-state index in [1.165, 1.54) is 0 Å². The summed E-state index contributed by atoms with van der Waals surface area (Å²) in [4.78, 5) is 0. The number of nitrogens with zero attached hydrogens (tertiary/aromatic N) is 4. The first-order valence-corrected chi connectivity index (χ1v) is 8.21. The van der Waals surface area contributed by atoms with Crippen molar-refractivity contribution in [2.24, 2.45) is 13.0 Å². The second-order valence-corrected chi connectivity index (χ2v) is 6.89. The Morgan fingerprint density at radius 2 is 2.45 bits per heavy atom. The van der Waals surface area contributed by atoms with Gasteiger partial charge in [-0.3, -0.25) is 5.32 Å². The molecule has 0 spiro atoms. The molecule has 1 aromatic heterocycles. The van der Waals surface area contributed by atoms with Crippen molar-refractivity contribution in [3.8, 4) is 6.07 Å². The van der Waals surface area contributed by atoms with E-state index in [9.17, 15) is 5.26 Å². The molecular formula is C14H23N5S. The van der Waals surface area contributed by atoms with Gasteiger partial charge in [0.1, 0.15) is 11.9 Å². The summed E-state index contributed by atoms with van der Waals surface area (Å²) >= 11 is 1.72. The maximum absolute atomic E-state index is 9.62. The molecule has 1 saturated carbocycles. The van der Waals surface area contributed by atoms with Crippen molar-refractivity contribution in [3.05, 3.63) is 6.33 Å². The summed E-state index contributed by atoms with van der Waals surface area (Å²) in [6, 6.07) is 2.91. The molecule has 2 unspecified atom stereocenters. The van der Waals surface area contributed by atoms with Crippen molar-refractivity contribution < 1.29 is 0 Å². The predicted octanol–water partition coefficient (Wildman–Crippen LogP) is 2.36. The Hall–Kier alpha value is -1.06. The van der Waals surface area contributed by atoms with Crippen LogP contribution in [0.25, 0.3) is 0 Å². The lowest BCUT2D eigenvalue weighted by molar-refractivity contribution is 0.289. The highest BCUT2D eigenvalue weighted by molar-refractivity contribution is 7.99. The molecule has 1 N–H and O–H groups in total. The molecule has 0 amide bonds. The number of aromatic nitrogens is 3. The van der Waals surface area contributed by atoms with Gasteiger partial charge in [-0.15, -0.1) is 10.2 Å². The fraction of sp³-hybridized carbons (Fsp3) is 0.786. The number of nitrogens with one attached hydrogen (secondary N) is 1. The average molecular weight is 293 g/mol. The van der Waals surface area contributed by atoms with Gasteiger partial charge in [-0.25, -0.2) is 0 Å². The maximum atomic E-state index is 9.62. The van der Waals surface area contributed by atoms with Gasteiger partial charge in [0.05, 0.1) is 6.07 Å². The van der Waals surface area contributed by atoms with Crippen LogP contribution in [0.15, 0.2) is 11.5 Å². The largest absolute Gasteiger partial charge is 0.312 e. The van der Waals surface area contributed by atoms with Gasteiger partial charge in [-0.05, 0) is 39.0 Å². The quantitative estimate of drug-likeness (QED) is 0.816. The van der Waals surface area contributed by atoms with Crippen LogP contribution < -0.4 is 5.32 Å². The molecule has 20 heavy (non-hydrogen) atoms. The summed E-state index contributed by atoms with van der Waals surface area (Å²) in [5.74, 6) is 1.43. The van der Waals surface area contributed by atoms with Crippen LogP contribution in [0, 0.1) is 17.2 Å². The van der Waals surface area contributed by atoms with Crippen LogP contribution in [0.5, 0.6) is 0 Å². The average Bonchev–Trinajstić information content (AvgIpc) is 2.97. The molecule has 1 fully saturated rings. The zero-order valence-electron chi connectivity index (χ0n) is 12.5. The molecule has 0 saturated heterocycles. The first kappa shape index (κ1) is 15.3. The molecule has 110 valence electrons. The maximum Gasteiger partial charge on any atom is 0.190 e. The predicted molar refractivity (Wildman–Crippen MR) is 80.3 cm³/mol. The van der Waals surface area contributed by atoms with Crippen LogP contribution in [0.2, 0.25) is 0 Å². The Balaban J connectivity index is 1.91. The molecule has 0 aromatic carbocycles. The number of rotatable bonds is 6. The third-order valence-corrected chi connectivity index (χ3v) is 5.00. The van der Waals surface area contributed by atoms with E-state index in [-0.39, 0.29) is 5.54 Å². The number of hydrogen-bond donors (Lipinski definition) is 1. The molecule has 6 heteroatoms. The van der Waals surface area contributed by atoms with E-state index in [0.717, 1.165) is 36.6 Å². The van der Waals surface area contributed by atoms with E-state index in [4.69, 9.17) is 0 Å². The molecule has 0 aliphatic heterocycles. The third-order valence-electron chi connectivity index (χ3n) is 3.93. The van der Waals surface area contributed by atoms with Crippen LogP contribution in [-0.2, 0) is 7.05 Å². The standard InChI is InChI=1S/C14H23N5S/c1-11(2)17-14(9-15)7-4-5-12(14)6-8-20-13-18-16-10-19(13)3/h10-12,17H,4-8H2,1-3H3. The van der Waals surface area contributed by atoms with E-state index >= 15 is 0 Å². The molecule has 5 nitrogen and oxygen atoms in total. The van der Waals surface area contributed by atoms with Crippen molar-refractivity contribution in [2.75, 3.05) is 5.75 Å². The van der Waals surface area contributed by atoms with Crippen molar-refractivity contribution in [2.45, 2.75) is 56.3 Å². The molecule has 0 bridgehead atoms. The Morgan fingerprint density at radius 3 is 3.05 bits per heavy atom. The summed E-state index contributed by atoms with van der Waals surface area (Å²) in [7, 11) is 1.96. The minimum Gasteiger partial charge on any atom is -0.312 e. The second-order valence-electron chi connectivity index (χ2n) is 5.83. The smallest absolute Gasteiger partial charge is 0.190 e. The van der Waals surface area contributed by atoms with E-state index in [0.29, 0.717) is 12.0 Å². The lowest BCUT2D eigenvalue weighted by atomic mass is 9.86. The fourth-order valence-electron chi connectivity index (χ4n) is 3.05. The fourth-order valence-corrected chi connectivity index (χ4v) is 3.99. The third kappa shape index (κ3) is 3.33. The van der Waals surface area contributed by atoms with Gasteiger partial charge in [0.25, 0.3) is 0 Å². The number of thioether (sulfide) groups is 1. The summed E-state index contributed by atoms with van der Waals surface area (Å²) in [5.41, 5.74) is -0.325. The van der Waals surface area contributed by atoms with Crippen molar-refractivity contribution in [3.63, 3.8) is 0 Å². The normalized spacial score (nSPS) is 26.1. The van der Waals surface area contributed by atoms with Gasteiger partial charge in [0.2, 0.25) is 0 Å². The van der Waals surface area contributed by atoms with Crippen molar-refractivity contribution in [1.82, 2.24) is 20.1 Å². The van der Waals surface area contributed by atoms with E-state index in [1.807, 2.05) is 11.6 Å². The first-order chi connectivity index (χ1) is 9.57. The van der Waals surface area contributed by atoms with Crippen LogP contribution in [-0.4, -0.2) is 32.1 Å². The summed E-state index contributed by atoms with van der Waals surface area (Å²) in [5, 5.41) is 22.0. The molecular weight excluding hydrogens is 270 g/mol. The highest BCUT2D eigenvalue weighted by Gasteiger charge is 2.42. The monoisotopic (exact) mass is 293 g/mol. The SMILES string of the molecule is CC(C)NC1(C#N)CCCC1CCSc1nncn1C. The Kier molecular flexibility index (Phi) is 5.06. The summed E-state index contributed by atoms with van der Waals surface area (Å²) in [6.45, 7) is 4.23. The number of hydrogen-bond acceptors (Lipinski definition) is 5. The van der Waals surface area contributed by atoms with E-state index in [1.54, 1.807) is 18.1 Å². The van der Waals surface area contributed by atoms with Gasteiger partial charge in [0.15, 0.2) is 5.16 Å². The van der Waals surface area contributed by atoms with Crippen molar-refractivity contribution >= 4 is 11.8 Å². The molecule has 2 atom stereocenters. The molecule has 0 radical (unpaired) electrons. The zero-order valence-corrected chi connectivity index (χ0v) is 13.3. The number of aryl methyl sites for hydroxylation is 1. The zero-order chi connectivity index (χ0) is 14.6. The van der Waals surface area contributed by atoms with Crippen LogP contribution in [0.4, 0.5) is 0 Å². The number of nitriles is 1. The second kappa shape index (κ2) is 6.59. The van der Waals surface area contributed by atoms with Crippen LogP contribution >= 0.6 is 11.8 Å². The highest BCUT2D eigenvalue weighted by atomic mass is 32.2. The lowest BCUT2D eigenvalue weighted by Gasteiger charge is -2.32. The Labute approximate surface area is 125 Å². The summed E-state index contributed by atoms with van der Waals surface area (Å²) < 4.78 is 1.93. The van der Waals surface area contributed by atoms with Gasteiger partial charge in [-0.1, -0.05) is 18.2 Å². The van der Waals surface area contributed by atoms with Gasteiger partial charge >= 0.3 is 0 Å². The molecule has 1 aliphatic carbocycles. The van der Waals surface area contributed by atoms with Gasteiger partial charge in [0, 0.05) is 18.8 Å². The Bertz CT molecular complexity index is 478.